The van der Waals surface area contributed by atoms with Crippen molar-refractivity contribution in [3.05, 3.63) is 35.4 Å². The van der Waals surface area contributed by atoms with Gasteiger partial charge in [-0.15, -0.1) is 0 Å². The molecule has 0 aromatic heterocycles. The Morgan fingerprint density at radius 3 is 2.27 bits per heavy atom. The van der Waals surface area contributed by atoms with E-state index in [1.807, 2.05) is 41.5 Å². The van der Waals surface area contributed by atoms with Gasteiger partial charge in [0.05, 0.1) is 0 Å². The summed E-state index contributed by atoms with van der Waals surface area (Å²) in [5.41, 5.74) is 7.73. The number of piperidine rings is 1. The molecule has 1 heterocycles. The third kappa shape index (κ3) is 6.46. The Hall–Kier alpha value is -2.61. The first-order chi connectivity index (χ1) is 16.9. The molecule has 206 valence electrons. The molecule has 1 saturated carbocycles. The molecule has 8 heteroatoms. The number of nitrogens with one attached hydrogen (secondary N) is 2. The zero-order valence-corrected chi connectivity index (χ0v) is 23.7. The molecule has 5 atom stereocenters. The third-order valence-corrected chi connectivity index (χ3v) is 8.04. The second kappa shape index (κ2) is 10.3. The summed E-state index contributed by atoms with van der Waals surface area (Å²) in [6, 6.07) is 6.75. The molecule has 0 radical (unpaired) electrons. The summed E-state index contributed by atoms with van der Waals surface area (Å²) in [5.74, 6) is -1.11. The average molecular weight is 515 g/mol. The first kappa shape index (κ1) is 29.0. The average Bonchev–Trinajstić information content (AvgIpc) is 3.10. The largest absolute Gasteiger partial charge is 0.480 e. The minimum absolute atomic E-state index is 0.0204. The van der Waals surface area contributed by atoms with Gasteiger partial charge in [-0.2, -0.15) is 0 Å². The van der Waals surface area contributed by atoms with E-state index < -0.39 is 35.0 Å². The van der Waals surface area contributed by atoms with Gasteiger partial charge in [-0.05, 0) is 67.9 Å². The number of fused-ring (bicyclic) bond motifs is 2. The van der Waals surface area contributed by atoms with E-state index in [1.54, 1.807) is 0 Å². The van der Waals surface area contributed by atoms with Gasteiger partial charge in [-0.1, -0.05) is 58.9 Å². The number of nitrogens with two attached hydrogens (primary N) is 1. The number of aliphatic carboxylic acids is 1. The number of amides is 3. The molecule has 3 amide bonds. The molecule has 4 rings (SSSR count). The van der Waals surface area contributed by atoms with Gasteiger partial charge in [0.25, 0.3) is 0 Å². The van der Waals surface area contributed by atoms with E-state index >= 15 is 0 Å². The normalized spacial score (nSPS) is 26.6. The van der Waals surface area contributed by atoms with E-state index in [9.17, 15) is 19.5 Å². The van der Waals surface area contributed by atoms with Crippen LogP contribution in [0.2, 0.25) is 0 Å². The van der Waals surface area contributed by atoms with Gasteiger partial charge in [0.15, 0.2) is 0 Å². The van der Waals surface area contributed by atoms with Crippen molar-refractivity contribution >= 4 is 17.9 Å². The number of hydrogen-bond donors (Lipinski definition) is 4. The highest BCUT2D eigenvalue weighted by atomic mass is 16.4. The summed E-state index contributed by atoms with van der Waals surface area (Å²) in [7, 11) is 0. The van der Waals surface area contributed by atoms with Gasteiger partial charge in [-0.25, -0.2) is 9.59 Å². The number of aryl methyl sites for hydroxylation is 1. The second-order valence-corrected chi connectivity index (χ2v) is 13.6. The maximum Gasteiger partial charge on any atom is 0.326 e. The SMILES string of the molecule is CC(C)(C)NC(=O)N[C@H](C(=O)N1C[C@H]2[C@@H]([C@H]1C(=O)O)C2(C)C)C(C)(C)C.N[C@H]1CCCc2ccccc21. The van der Waals surface area contributed by atoms with Crippen LogP contribution in [0.15, 0.2) is 24.3 Å². The van der Waals surface area contributed by atoms with Crippen LogP contribution in [0.5, 0.6) is 0 Å². The standard InChI is InChI=1S/C19H33N3O4.C10H13N/c1-17(2,3)13(20-16(26)21-18(4,5)6)14(23)22-9-10-11(19(10,7)8)12(22)15(24)25;11-10-7-3-5-8-4-1-2-6-9(8)10/h10-13H,9H2,1-8H3,(H,24,25)(H2,20,21,26);1-2,4,6,10H,3,5,7,11H2/t10-,11-,12-,13+;10-/m00/s1. The monoisotopic (exact) mass is 514 g/mol. The lowest BCUT2D eigenvalue weighted by Crippen LogP contribution is -2.60. The number of nitrogens with zero attached hydrogens (tertiary/aromatic N) is 1. The summed E-state index contributed by atoms with van der Waals surface area (Å²) in [5, 5.41) is 15.2. The lowest BCUT2D eigenvalue weighted by molar-refractivity contribution is -0.152. The molecule has 1 aromatic carbocycles. The molecule has 2 fully saturated rings. The Morgan fingerprint density at radius 1 is 1.11 bits per heavy atom. The van der Waals surface area contributed by atoms with Crippen molar-refractivity contribution in [2.24, 2.45) is 28.4 Å². The van der Waals surface area contributed by atoms with E-state index in [2.05, 4.69) is 48.7 Å². The summed E-state index contributed by atoms with van der Waals surface area (Å²) in [6.07, 6.45) is 3.61. The zero-order valence-electron chi connectivity index (χ0n) is 23.7. The molecule has 5 N–H and O–H groups in total. The fourth-order valence-corrected chi connectivity index (χ4v) is 5.91. The van der Waals surface area contributed by atoms with Crippen LogP contribution in [0.4, 0.5) is 4.79 Å². The Kier molecular flexibility index (Phi) is 8.04. The number of benzene rings is 1. The van der Waals surface area contributed by atoms with Crippen LogP contribution in [0.3, 0.4) is 0 Å². The summed E-state index contributed by atoms with van der Waals surface area (Å²) in [4.78, 5) is 38.8. The van der Waals surface area contributed by atoms with Gasteiger partial charge in [0.1, 0.15) is 12.1 Å². The summed E-state index contributed by atoms with van der Waals surface area (Å²) in [6.45, 7) is 15.7. The van der Waals surface area contributed by atoms with Crippen LogP contribution in [-0.4, -0.2) is 52.1 Å². The summed E-state index contributed by atoms with van der Waals surface area (Å²) >= 11 is 0. The van der Waals surface area contributed by atoms with Crippen LogP contribution in [-0.2, 0) is 16.0 Å². The highest BCUT2D eigenvalue weighted by Gasteiger charge is 2.70. The maximum atomic E-state index is 13.2. The van der Waals surface area contributed by atoms with Gasteiger partial charge in [-0.3, -0.25) is 4.79 Å². The molecule has 0 unspecified atom stereocenters. The predicted molar refractivity (Wildman–Crippen MR) is 145 cm³/mol. The predicted octanol–water partition coefficient (Wildman–Crippen LogP) is 4.09. The van der Waals surface area contributed by atoms with Crippen LogP contribution < -0.4 is 16.4 Å². The fraction of sp³-hybridized carbons (Fsp3) is 0.690. The minimum Gasteiger partial charge on any atom is -0.480 e. The molecule has 0 bridgehead atoms. The van der Waals surface area contributed by atoms with Gasteiger partial charge in [0, 0.05) is 24.0 Å². The quantitative estimate of drug-likeness (QED) is 0.484. The van der Waals surface area contributed by atoms with Crippen molar-refractivity contribution in [2.45, 2.75) is 98.3 Å². The molecule has 1 saturated heterocycles. The first-order valence-corrected chi connectivity index (χ1v) is 13.4. The van der Waals surface area contributed by atoms with Crippen molar-refractivity contribution in [3.63, 3.8) is 0 Å². The lowest BCUT2D eigenvalue weighted by atomic mass is 9.85. The van der Waals surface area contributed by atoms with E-state index in [0.717, 1.165) is 6.42 Å². The Bertz CT molecular complexity index is 1020. The molecule has 1 aromatic rings. The summed E-state index contributed by atoms with van der Waals surface area (Å²) < 4.78 is 0. The minimum atomic E-state index is -0.969. The van der Waals surface area contributed by atoms with Gasteiger partial charge < -0.3 is 26.4 Å². The molecule has 1 aliphatic heterocycles. The number of rotatable bonds is 3. The molecule has 2 aliphatic carbocycles. The van der Waals surface area contributed by atoms with Gasteiger partial charge >= 0.3 is 12.0 Å². The van der Waals surface area contributed by atoms with E-state index in [1.165, 1.54) is 28.9 Å². The molecular weight excluding hydrogens is 468 g/mol. The van der Waals surface area contributed by atoms with Crippen molar-refractivity contribution in [3.8, 4) is 0 Å². The number of carboxylic acid groups (broad SMARTS) is 1. The number of carboxylic acids is 1. The Morgan fingerprint density at radius 2 is 1.73 bits per heavy atom. The number of likely N-dealkylation sites (tertiary alicyclic amines) is 1. The molecule has 0 spiro atoms. The van der Waals surface area contributed by atoms with Crippen molar-refractivity contribution in [1.29, 1.82) is 0 Å². The maximum absolute atomic E-state index is 13.2. The van der Waals surface area contributed by atoms with Crippen LogP contribution in [0, 0.1) is 22.7 Å². The third-order valence-electron chi connectivity index (χ3n) is 8.04. The smallest absolute Gasteiger partial charge is 0.326 e. The number of carbonyl (C=O) groups is 3. The topological polar surface area (TPSA) is 125 Å². The highest BCUT2D eigenvalue weighted by molar-refractivity contribution is 5.92. The zero-order chi connectivity index (χ0) is 27.9. The number of hydrogen-bond acceptors (Lipinski definition) is 4. The van der Waals surface area contributed by atoms with E-state index in [0.29, 0.717) is 12.6 Å². The molecular formula is C29H46N4O4. The Balaban J connectivity index is 0.000000284. The molecule has 3 aliphatic rings. The molecule has 37 heavy (non-hydrogen) atoms. The van der Waals surface area contributed by atoms with Crippen LogP contribution in [0.25, 0.3) is 0 Å². The fourth-order valence-electron chi connectivity index (χ4n) is 5.91. The van der Waals surface area contributed by atoms with Crippen molar-refractivity contribution in [1.82, 2.24) is 15.5 Å². The number of urea groups is 1. The molecule has 8 nitrogen and oxygen atoms in total. The van der Waals surface area contributed by atoms with E-state index in [4.69, 9.17) is 5.73 Å². The highest BCUT2D eigenvalue weighted by Crippen LogP contribution is 2.65. The first-order valence-electron chi connectivity index (χ1n) is 13.4. The lowest BCUT2D eigenvalue weighted by Gasteiger charge is -2.37. The van der Waals surface area contributed by atoms with Crippen molar-refractivity contribution in [2.75, 3.05) is 6.54 Å². The van der Waals surface area contributed by atoms with Gasteiger partial charge in [0.2, 0.25) is 5.91 Å². The van der Waals surface area contributed by atoms with E-state index in [-0.39, 0.29) is 23.2 Å². The van der Waals surface area contributed by atoms with Crippen LogP contribution in [0.1, 0.15) is 85.4 Å². The Labute approximate surface area is 221 Å². The van der Waals surface area contributed by atoms with Crippen molar-refractivity contribution < 1.29 is 19.5 Å². The second-order valence-electron chi connectivity index (χ2n) is 13.6. The number of carbonyl (C=O) groups excluding carboxylic acids is 2. The van der Waals surface area contributed by atoms with Crippen LogP contribution >= 0.6 is 0 Å².